The van der Waals surface area contributed by atoms with Crippen LogP contribution in [0.2, 0.25) is 0 Å². The molecule has 0 rings (SSSR count). The molecule has 9 heteroatoms. The van der Waals surface area contributed by atoms with E-state index in [-0.39, 0.29) is 12.4 Å². The molecule has 0 aromatic rings. The van der Waals surface area contributed by atoms with Crippen molar-refractivity contribution in [1.82, 2.24) is 0 Å². The zero-order valence-electron chi connectivity index (χ0n) is 45.0. The van der Waals surface area contributed by atoms with Crippen molar-refractivity contribution in [2.45, 2.75) is 232 Å². The Bertz CT molecular complexity index is 949. The van der Waals surface area contributed by atoms with Crippen LogP contribution in [-0.4, -0.2) is 131 Å². The number of allylic oxidation sites excluding steroid dienone is 4. The summed E-state index contributed by atoms with van der Waals surface area (Å²) in [5.41, 5.74) is 0. The highest BCUT2D eigenvalue weighted by Crippen LogP contribution is 2.15. The number of unbranched alkanes of at least 4 members (excludes halogenated alkanes) is 26. The van der Waals surface area contributed by atoms with E-state index in [0.717, 1.165) is 69.3 Å². The third-order valence-corrected chi connectivity index (χ3v) is 12.4. The van der Waals surface area contributed by atoms with Crippen molar-refractivity contribution in [3.8, 4) is 0 Å². The maximum Gasteiger partial charge on any atom is 0.157 e. The van der Waals surface area contributed by atoms with Gasteiger partial charge >= 0.3 is 0 Å². The predicted octanol–water partition coefficient (Wildman–Crippen LogP) is 14.8. The van der Waals surface area contributed by atoms with E-state index >= 15 is 0 Å². The van der Waals surface area contributed by atoms with E-state index in [4.69, 9.17) is 37.9 Å². The first-order chi connectivity index (χ1) is 32.5. The maximum atomic E-state index is 6.60. The van der Waals surface area contributed by atoms with E-state index in [9.17, 15) is 0 Å². The van der Waals surface area contributed by atoms with Gasteiger partial charge in [0, 0.05) is 27.4 Å². The molecule has 0 aliphatic carbocycles. The molecule has 0 saturated heterocycles. The van der Waals surface area contributed by atoms with E-state index in [0.29, 0.717) is 59.5 Å². The molecule has 9 nitrogen and oxygen atoms in total. The lowest BCUT2D eigenvalue weighted by molar-refractivity contribution is -0.893. The topological polar surface area (TPSA) is 73.8 Å². The normalized spacial score (nSPS) is 12.8. The molecular formula is C57H114NO8+. The number of rotatable bonds is 57. The molecule has 394 valence electrons. The Morgan fingerprint density at radius 3 is 1.21 bits per heavy atom. The minimum Gasteiger partial charge on any atom is -0.382 e. The van der Waals surface area contributed by atoms with E-state index in [1.165, 1.54) is 167 Å². The lowest BCUT2D eigenvalue weighted by Gasteiger charge is -2.33. The molecule has 0 heterocycles. The summed E-state index contributed by atoms with van der Waals surface area (Å²) in [5, 5.41) is 0. The SMILES string of the molecule is CCCCCCCC/C=C\CCCCCCCCOCC(C[N+](C)(C)CCCCCC(OCCOCCOC)OCCOCCOC)OCCCCCCCC/C=C\CCCCCCCC. The van der Waals surface area contributed by atoms with Crippen LogP contribution < -0.4 is 0 Å². The first-order valence-corrected chi connectivity index (χ1v) is 28.2. The van der Waals surface area contributed by atoms with Crippen molar-refractivity contribution < 1.29 is 42.4 Å². The molecule has 0 aliphatic heterocycles. The number of quaternary nitrogens is 1. The van der Waals surface area contributed by atoms with Crippen molar-refractivity contribution in [3.05, 3.63) is 24.3 Å². The van der Waals surface area contributed by atoms with Crippen molar-refractivity contribution in [1.29, 1.82) is 0 Å². The van der Waals surface area contributed by atoms with Crippen LogP contribution >= 0.6 is 0 Å². The monoisotopic (exact) mass is 941 g/mol. The molecule has 0 bridgehead atoms. The number of methoxy groups -OCH3 is 2. The van der Waals surface area contributed by atoms with Gasteiger partial charge in [-0.05, 0) is 89.9 Å². The molecule has 0 saturated carbocycles. The Morgan fingerprint density at radius 2 is 0.758 bits per heavy atom. The van der Waals surface area contributed by atoms with E-state index in [1.54, 1.807) is 14.2 Å². The smallest absolute Gasteiger partial charge is 0.157 e. The van der Waals surface area contributed by atoms with Gasteiger partial charge in [0.15, 0.2) is 6.29 Å². The summed E-state index contributed by atoms with van der Waals surface area (Å²) in [6.07, 6.45) is 50.9. The number of hydrogen-bond donors (Lipinski definition) is 0. The van der Waals surface area contributed by atoms with Gasteiger partial charge in [-0.1, -0.05) is 154 Å². The highest BCUT2D eigenvalue weighted by molar-refractivity contribution is 4.82. The fraction of sp³-hybridized carbons (Fsp3) is 0.930. The summed E-state index contributed by atoms with van der Waals surface area (Å²) in [5.74, 6) is 0. The molecule has 0 aliphatic rings. The Balaban J connectivity index is 4.62. The number of ether oxygens (including phenoxy) is 8. The molecule has 0 radical (unpaired) electrons. The highest BCUT2D eigenvalue weighted by atomic mass is 16.7. The molecule has 0 amide bonds. The van der Waals surface area contributed by atoms with Crippen LogP contribution in [0, 0.1) is 0 Å². The summed E-state index contributed by atoms with van der Waals surface area (Å²) in [6, 6.07) is 0. The molecule has 1 atom stereocenters. The molecule has 0 spiro atoms. The van der Waals surface area contributed by atoms with Crippen molar-refractivity contribution in [3.63, 3.8) is 0 Å². The van der Waals surface area contributed by atoms with Gasteiger partial charge < -0.3 is 42.4 Å². The van der Waals surface area contributed by atoms with Gasteiger partial charge in [-0.3, -0.25) is 0 Å². The first-order valence-electron chi connectivity index (χ1n) is 28.2. The van der Waals surface area contributed by atoms with Gasteiger partial charge in [0.2, 0.25) is 0 Å². The Labute approximate surface area is 411 Å². The van der Waals surface area contributed by atoms with Crippen molar-refractivity contribution in [2.24, 2.45) is 0 Å². The zero-order chi connectivity index (χ0) is 48.0. The van der Waals surface area contributed by atoms with Gasteiger partial charge in [0.1, 0.15) is 12.6 Å². The standard InChI is InChI=1S/C57H114NO8/c1-7-9-11-13-15-17-19-21-23-25-27-29-31-33-35-40-44-63-55-56(64-45-41-36-34-32-30-28-26-24-22-20-18-16-14-12-10-8-2)54-58(3,4)43-39-37-38-42-57(65-52-50-61-48-46-59-5)66-53-51-62-49-47-60-6/h21-24,56-57H,7-20,25-55H2,1-6H3/q+1/b23-21-,24-22-. The Hall–Kier alpha value is -0.880. The van der Waals surface area contributed by atoms with Gasteiger partial charge in [-0.2, -0.15) is 0 Å². The number of nitrogens with zero attached hydrogens (tertiary/aromatic N) is 1. The van der Waals surface area contributed by atoms with Crippen LogP contribution in [-0.2, 0) is 37.9 Å². The van der Waals surface area contributed by atoms with Crippen LogP contribution in [0.15, 0.2) is 24.3 Å². The zero-order valence-corrected chi connectivity index (χ0v) is 45.0. The summed E-state index contributed by atoms with van der Waals surface area (Å²) >= 11 is 0. The van der Waals surface area contributed by atoms with Gasteiger partial charge in [0.05, 0.1) is 80.1 Å². The van der Waals surface area contributed by atoms with Crippen molar-refractivity contribution in [2.75, 3.05) is 114 Å². The van der Waals surface area contributed by atoms with Crippen LogP contribution in [0.3, 0.4) is 0 Å². The molecule has 1 unspecified atom stereocenters. The maximum absolute atomic E-state index is 6.60. The third-order valence-electron chi connectivity index (χ3n) is 12.4. The van der Waals surface area contributed by atoms with Gasteiger partial charge in [-0.25, -0.2) is 0 Å². The Morgan fingerprint density at radius 1 is 0.364 bits per heavy atom. The van der Waals surface area contributed by atoms with Crippen LogP contribution in [0.25, 0.3) is 0 Å². The minimum absolute atomic E-state index is 0.126. The molecule has 66 heavy (non-hydrogen) atoms. The fourth-order valence-electron chi connectivity index (χ4n) is 8.27. The van der Waals surface area contributed by atoms with Crippen molar-refractivity contribution >= 4 is 0 Å². The molecule has 0 N–H and O–H groups in total. The van der Waals surface area contributed by atoms with Crippen LogP contribution in [0.4, 0.5) is 0 Å². The number of likely N-dealkylation sites (N-methyl/N-ethyl adjacent to an activating group) is 1. The summed E-state index contributed by atoms with van der Waals surface area (Å²) < 4.78 is 47.3. The lowest BCUT2D eigenvalue weighted by atomic mass is 10.1. The summed E-state index contributed by atoms with van der Waals surface area (Å²) in [7, 11) is 8.08. The van der Waals surface area contributed by atoms with Crippen LogP contribution in [0.1, 0.15) is 219 Å². The quantitative estimate of drug-likeness (QED) is 0.0258. The second-order valence-corrected chi connectivity index (χ2v) is 19.5. The van der Waals surface area contributed by atoms with E-state index < -0.39 is 0 Å². The molecule has 0 aromatic heterocycles. The lowest BCUT2D eigenvalue weighted by Crippen LogP contribution is -2.48. The van der Waals surface area contributed by atoms with Gasteiger partial charge in [-0.15, -0.1) is 0 Å². The second-order valence-electron chi connectivity index (χ2n) is 19.5. The van der Waals surface area contributed by atoms with Gasteiger partial charge in [0.25, 0.3) is 0 Å². The first kappa shape index (κ1) is 65.1. The third kappa shape index (κ3) is 52.5. The summed E-state index contributed by atoms with van der Waals surface area (Å²) in [6.45, 7) is 13.4. The molecule has 0 fully saturated rings. The minimum atomic E-state index is -0.257. The van der Waals surface area contributed by atoms with E-state index in [1.807, 2.05) is 0 Å². The largest absolute Gasteiger partial charge is 0.382 e. The molecular weight excluding hydrogens is 827 g/mol. The predicted molar refractivity (Wildman–Crippen MR) is 281 cm³/mol. The highest BCUT2D eigenvalue weighted by Gasteiger charge is 2.23. The molecule has 0 aromatic carbocycles. The number of hydrogen-bond acceptors (Lipinski definition) is 8. The van der Waals surface area contributed by atoms with E-state index in [2.05, 4.69) is 52.2 Å². The fourth-order valence-corrected chi connectivity index (χ4v) is 8.27. The Kier molecular flexibility index (Phi) is 54.3. The average Bonchev–Trinajstić information content (AvgIpc) is 3.31. The summed E-state index contributed by atoms with van der Waals surface area (Å²) in [4.78, 5) is 0. The second kappa shape index (κ2) is 55.1. The average molecular weight is 942 g/mol. The van der Waals surface area contributed by atoms with Crippen LogP contribution in [0.5, 0.6) is 0 Å².